The molecule has 0 aliphatic heterocycles. The molecule has 1 heterocycles. The molecular weight excluding hydrogens is 313 g/mol. The first-order valence-corrected chi connectivity index (χ1v) is 8.18. The van der Waals surface area contributed by atoms with Crippen molar-refractivity contribution in [2.45, 2.75) is 13.3 Å². The molecule has 4 rings (SSSR count). The third-order valence-electron chi connectivity index (χ3n) is 4.61. The largest absolute Gasteiger partial charge is 0.303 e. The summed E-state index contributed by atoms with van der Waals surface area (Å²) < 4.78 is 14.3. The number of carbonyl (C=O) groups excluding carboxylic acids is 1. The van der Waals surface area contributed by atoms with Gasteiger partial charge in [-0.25, -0.2) is 4.39 Å². The predicted octanol–water partition coefficient (Wildman–Crippen LogP) is 5.24. The second-order valence-electron chi connectivity index (χ2n) is 6.17. The molecule has 0 N–H and O–H groups in total. The lowest BCUT2D eigenvalue weighted by Gasteiger charge is -2.16. The van der Waals surface area contributed by atoms with Crippen LogP contribution in [0.5, 0.6) is 0 Å². The van der Waals surface area contributed by atoms with Gasteiger partial charge in [0.15, 0.2) is 0 Å². The number of benzene rings is 3. The quantitative estimate of drug-likeness (QED) is 0.481. The molecule has 4 aromatic rings. The third kappa shape index (κ3) is 2.58. The zero-order chi connectivity index (χ0) is 17.4. The van der Waals surface area contributed by atoms with E-state index in [1.807, 2.05) is 37.3 Å². The summed E-state index contributed by atoms with van der Waals surface area (Å²) in [5.41, 5.74) is 4.31. The van der Waals surface area contributed by atoms with E-state index >= 15 is 0 Å². The van der Waals surface area contributed by atoms with Crippen LogP contribution in [0.3, 0.4) is 0 Å². The van der Waals surface area contributed by atoms with Gasteiger partial charge in [-0.3, -0.25) is 4.98 Å². The molecule has 0 spiro atoms. The molecule has 122 valence electrons. The summed E-state index contributed by atoms with van der Waals surface area (Å²) in [5.74, 6) is -0.307. The Kier molecular flexibility index (Phi) is 3.77. The Morgan fingerprint density at radius 2 is 1.84 bits per heavy atom. The second-order valence-corrected chi connectivity index (χ2v) is 6.17. The summed E-state index contributed by atoms with van der Waals surface area (Å²) in [4.78, 5) is 15.8. The summed E-state index contributed by atoms with van der Waals surface area (Å²) in [5, 5.41) is 2.82. The van der Waals surface area contributed by atoms with Gasteiger partial charge in [0.2, 0.25) is 0 Å². The maximum Gasteiger partial charge on any atom is 0.124 e. The Balaban J connectivity index is 2.20. The van der Waals surface area contributed by atoms with Gasteiger partial charge in [-0.1, -0.05) is 36.4 Å². The van der Waals surface area contributed by atoms with Crippen molar-refractivity contribution in [3.8, 4) is 11.1 Å². The number of hydrogen-bond donors (Lipinski definition) is 0. The predicted molar refractivity (Wildman–Crippen MR) is 99.1 cm³/mol. The fourth-order valence-electron chi connectivity index (χ4n) is 3.53. The summed E-state index contributed by atoms with van der Waals surface area (Å²) in [7, 11) is 0. The zero-order valence-corrected chi connectivity index (χ0v) is 13.8. The smallest absolute Gasteiger partial charge is 0.124 e. The fraction of sp³-hybridized carbons (Fsp3) is 0.0909. The lowest BCUT2D eigenvalue weighted by Crippen LogP contribution is -1.98. The van der Waals surface area contributed by atoms with E-state index in [-0.39, 0.29) is 12.2 Å². The molecule has 0 bridgehead atoms. The molecule has 0 amide bonds. The monoisotopic (exact) mass is 329 g/mol. The van der Waals surface area contributed by atoms with Crippen LogP contribution in [0.1, 0.15) is 11.1 Å². The van der Waals surface area contributed by atoms with E-state index in [0.29, 0.717) is 0 Å². The van der Waals surface area contributed by atoms with Crippen LogP contribution in [-0.2, 0) is 11.2 Å². The first kappa shape index (κ1) is 15.5. The van der Waals surface area contributed by atoms with E-state index in [9.17, 15) is 9.18 Å². The first-order valence-electron chi connectivity index (χ1n) is 8.18. The first-order chi connectivity index (χ1) is 12.2. The Bertz CT molecular complexity index is 1120. The highest BCUT2D eigenvalue weighted by Gasteiger charge is 2.16. The molecule has 25 heavy (non-hydrogen) atoms. The lowest BCUT2D eigenvalue weighted by molar-refractivity contribution is -0.107. The number of rotatable bonds is 3. The summed E-state index contributed by atoms with van der Waals surface area (Å²) in [6, 6.07) is 16.7. The van der Waals surface area contributed by atoms with Crippen molar-refractivity contribution in [3.63, 3.8) is 0 Å². The minimum Gasteiger partial charge on any atom is -0.303 e. The summed E-state index contributed by atoms with van der Waals surface area (Å²) in [6.07, 6.45) is 2.90. The standard InChI is InChI=1S/C22H16FNO/c1-14-11-15-5-2-3-7-19(15)21(18(14)8-10-25)20-13-17(23)12-16-6-4-9-24-22(16)20/h2-7,9-13H,8H2,1H3. The SMILES string of the molecule is Cc1cc2ccccc2c(-c2cc(F)cc3cccnc23)c1CC=O. The van der Waals surface area contributed by atoms with Gasteiger partial charge in [0.25, 0.3) is 0 Å². The fourth-order valence-corrected chi connectivity index (χ4v) is 3.53. The van der Waals surface area contributed by atoms with Crippen molar-refractivity contribution in [1.29, 1.82) is 0 Å². The van der Waals surface area contributed by atoms with Crippen LogP contribution < -0.4 is 0 Å². The number of nitrogens with zero attached hydrogens (tertiary/aromatic N) is 1. The van der Waals surface area contributed by atoms with E-state index in [1.165, 1.54) is 12.1 Å². The van der Waals surface area contributed by atoms with Crippen LogP contribution in [0.4, 0.5) is 4.39 Å². The molecule has 0 saturated heterocycles. The van der Waals surface area contributed by atoms with Crippen LogP contribution >= 0.6 is 0 Å². The zero-order valence-electron chi connectivity index (χ0n) is 13.8. The number of pyridine rings is 1. The van der Waals surface area contributed by atoms with E-state index in [4.69, 9.17) is 0 Å². The molecule has 0 atom stereocenters. The van der Waals surface area contributed by atoms with Crippen molar-refractivity contribution in [3.05, 3.63) is 77.7 Å². The maximum atomic E-state index is 14.3. The van der Waals surface area contributed by atoms with Gasteiger partial charge in [0.05, 0.1) is 5.52 Å². The minimum absolute atomic E-state index is 0.289. The minimum atomic E-state index is -0.307. The number of aromatic nitrogens is 1. The van der Waals surface area contributed by atoms with Crippen LogP contribution in [0, 0.1) is 12.7 Å². The molecule has 0 fully saturated rings. The maximum absolute atomic E-state index is 14.3. The molecule has 3 aromatic carbocycles. The van der Waals surface area contributed by atoms with Crippen molar-refractivity contribution in [1.82, 2.24) is 4.98 Å². The molecule has 2 nitrogen and oxygen atoms in total. The highest BCUT2D eigenvalue weighted by atomic mass is 19.1. The van der Waals surface area contributed by atoms with Crippen molar-refractivity contribution in [2.24, 2.45) is 0 Å². The van der Waals surface area contributed by atoms with Crippen LogP contribution in [0.25, 0.3) is 32.8 Å². The topological polar surface area (TPSA) is 30.0 Å². The van der Waals surface area contributed by atoms with Crippen molar-refractivity contribution >= 4 is 28.0 Å². The Hall–Kier alpha value is -3.07. The van der Waals surface area contributed by atoms with Gasteiger partial charge in [0, 0.05) is 23.6 Å². The number of aryl methyl sites for hydroxylation is 1. The van der Waals surface area contributed by atoms with Gasteiger partial charge in [-0.2, -0.15) is 0 Å². The van der Waals surface area contributed by atoms with Gasteiger partial charge in [0.1, 0.15) is 12.1 Å². The number of fused-ring (bicyclic) bond motifs is 2. The van der Waals surface area contributed by atoms with Crippen molar-refractivity contribution < 1.29 is 9.18 Å². The van der Waals surface area contributed by atoms with Gasteiger partial charge in [-0.05, 0) is 52.6 Å². The van der Waals surface area contributed by atoms with E-state index in [0.717, 1.165) is 50.2 Å². The summed E-state index contributed by atoms with van der Waals surface area (Å²) in [6.45, 7) is 1.99. The van der Waals surface area contributed by atoms with Gasteiger partial charge < -0.3 is 4.79 Å². The molecule has 1 aromatic heterocycles. The van der Waals surface area contributed by atoms with Crippen LogP contribution in [0.2, 0.25) is 0 Å². The highest BCUT2D eigenvalue weighted by molar-refractivity contribution is 6.06. The Morgan fingerprint density at radius 1 is 1.04 bits per heavy atom. The van der Waals surface area contributed by atoms with Gasteiger partial charge >= 0.3 is 0 Å². The number of carbonyl (C=O) groups is 1. The molecule has 0 unspecified atom stereocenters. The molecule has 3 heteroatoms. The number of halogens is 1. The molecule has 0 radical (unpaired) electrons. The molecule has 0 aliphatic carbocycles. The Labute approximate surface area is 144 Å². The van der Waals surface area contributed by atoms with Crippen LogP contribution in [-0.4, -0.2) is 11.3 Å². The summed E-state index contributed by atoms with van der Waals surface area (Å²) >= 11 is 0. The third-order valence-corrected chi connectivity index (χ3v) is 4.61. The van der Waals surface area contributed by atoms with E-state index in [1.54, 1.807) is 12.3 Å². The molecule has 0 aliphatic rings. The highest BCUT2D eigenvalue weighted by Crippen LogP contribution is 2.38. The lowest BCUT2D eigenvalue weighted by atomic mass is 9.88. The second kappa shape index (κ2) is 6.10. The van der Waals surface area contributed by atoms with Gasteiger partial charge in [-0.15, -0.1) is 0 Å². The average molecular weight is 329 g/mol. The normalized spacial score (nSPS) is 11.1. The Morgan fingerprint density at radius 3 is 2.68 bits per heavy atom. The molecule has 0 saturated carbocycles. The number of aldehydes is 1. The molecular formula is C22H16FNO. The van der Waals surface area contributed by atoms with E-state index in [2.05, 4.69) is 11.1 Å². The van der Waals surface area contributed by atoms with Crippen molar-refractivity contribution in [2.75, 3.05) is 0 Å². The number of hydrogen-bond acceptors (Lipinski definition) is 2. The van der Waals surface area contributed by atoms with Crippen LogP contribution in [0.15, 0.2) is 60.8 Å². The average Bonchev–Trinajstić information content (AvgIpc) is 2.62. The van der Waals surface area contributed by atoms with E-state index < -0.39 is 0 Å².